The topological polar surface area (TPSA) is 74.7 Å². The van der Waals surface area contributed by atoms with E-state index in [2.05, 4.69) is 10.1 Å². The monoisotopic (exact) mass is 262 g/mol. The lowest BCUT2D eigenvalue weighted by atomic mass is 10.1. The van der Waals surface area contributed by atoms with Crippen molar-refractivity contribution in [3.8, 4) is 0 Å². The predicted molar refractivity (Wildman–Crippen MR) is 73.2 cm³/mol. The number of nitrogens with zero attached hydrogens (tertiary/aromatic N) is 3. The minimum atomic E-state index is 0.113. The van der Waals surface area contributed by atoms with E-state index in [1.54, 1.807) is 16.8 Å². The molecule has 6 heteroatoms. The van der Waals surface area contributed by atoms with Crippen molar-refractivity contribution in [2.24, 2.45) is 10.9 Å². The number of para-hydroxylation sites is 1. The summed E-state index contributed by atoms with van der Waals surface area (Å²) in [5, 5.41) is 11.8. The van der Waals surface area contributed by atoms with Gasteiger partial charge in [0.1, 0.15) is 0 Å². The molecule has 0 atom stereocenters. The summed E-state index contributed by atoms with van der Waals surface area (Å²) < 4.78 is 0. The zero-order valence-electron chi connectivity index (χ0n) is 9.95. The van der Waals surface area contributed by atoms with Crippen LogP contribution in [-0.4, -0.2) is 23.1 Å². The first-order valence-corrected chi connectivity index (χ1v) is 6.25. The number of nitrogens with two attached hydrogens (primary N) is 1. The Morgan fingerprint density at radius 1 is 1.50 bits per heavy atom. The molecular weight excluding hydrogens is 248 g/mol. The Morgan fingerprint density at radius 2 is 2.28 bits per heavy atom. The van der Waals surface area contributed by atoms with Crippen molar-refractivity contribution < 1.29 is 5.21 Å². The number of aromatic nitrogens is 1. The fraction of sp³-hybridized carbons (Fsp3) is 0.167. The van der Waals surface area contributed by atoms with Gasteiger partial charge in [0.2, 0.25) is 0 Å². The van der Waals surface area contributed by atoms with Crippen LogP contribution in [0.5, 0.6) is 0 Å². The largest absolute Gasteiger partial charge is 0.409 e. The van der Waals surface area contributed by atoms with Gasteiger partial charge in [-0.3, -0.25) is 4.98 Å². The lowest BCUT2D eigenvalue weighted by Gasteiger charge is -2.21. The maximum Gasteiger partial charge on any atom is 0.172 e. The van der Waals surface area contributed by atoms with Gasteiger partial charge in [-0.15, -0.1) is 11.3 Å². The van der Waals surface area contributed by atoms with E-state index in [4.69, 9.17) is 10.9 Å². The first kappa shape index (κ1) is 12.4. The molecule has 3 N–H and O–H groups in total. The van der Waals surface area contributed by atoms with Crippen molar-refractivity contribution in [3.63, 3.8) is 0 Å². The van der Waals surface area contributed by atoms with Crippen LogP contribution in [0.2, 0.25) is 0 Å². The molecule has 0 fully saturated rings. The molecule has 0 aliphatic rings. The van der Waals surface area contributed by atoms with E-state index in [0.29, 0.717) is 5.56 Å². The molecule has 0 unspecified atom stereocenters. The molecule has 0 saturated heterocycles. The van der Waals surface area contributed by atoms with Gasteiger partial charge in [-0.05, 0) is 12.1 Å². The van der Waals surface area contributed by atoms with Crippen LogP contribution in [0.1, 0.15) is 10.4 Å². The van der Waals surface area contributed by atoms with Crippen molar-refractivity contribution in [2.75, 3.05) is 11.9 Å². The summed E-state index contributed by atoms with van der Waals surface area (Å²) in [6.07, 6.45) is 1.84. The SMILES string of the molecule is CN(Cc1cncs1)c1ccccc1/C(N)=N/O. The molecule has 0 saturated carbocycles. The standard InChI is InChI=1S/C12H14N4OS/c1-16(7-9-6-14-8-18-9)11-5-3-2-4-10(11)12(13)15-17/h2-6,8,17H,7H2,1H3,(H2,13,15). The normalized spacial score (nSPS) is 11.5. The fourth-order valence-electron chi connectivity index (χ4n) is 1.72. The number of thiazole rings is 1. The molecule has 5 nitrogen and oxygen atoms in total. The molecule has 0 aliphatic heterocycles. The van der Waals surface area contributed by atoms with Crippen LogP contribution in [-0.2, 0) is 6.54 Å². The van der Waals surface area contributed by atoms with Gasteiger partial charge in [-0.1, -0.05) is 17.3 Å². The number of hydrogen-bond donors (Lipinski definition) is 2. The quantitative estimate of drug-likeness (QED) is 0.382. The zero-order valence-corrected chi connectivity index (χ0v) is 10.8. The Kier molecular flexibility index (Phi) is 3.78. The minimum absolute atomic E-state index is 0.113. The van der Waals surface area contributed by atoms with E-state index in [-0.39, 0.29) is 5.84 Å². The van der Waals surface area contributed by atoms with Gasteiger partial charge in [0.15, 0.2) is 5.84 Å². The fourth-order valence-corrected chi connectivity index (χ4v) is 2.36. The van der Waals surface area contributed by atoms with Crippen LogP contribution in [0.4, 0.5) is 5.69 Å². The Balaban J connectivity index is 2.27. The van der Waals surface area contributed by atoms with Gasteiger partial charge in [0.25, 0.3) is 0 Å². The Hall–Kier alpha value is -2.08. The molecule has 1 aromatic carbocycles. The summed E-state index contributed by atoms with van der Waals surface area (Å²) in [7, 11) is 1.96. The Labute approximate surface area is 109 Å². The van der Waals surface area contributed by atoms with Crippen LogP contribution in [0.15, 0.2) is 41.1 Å². The van der Waals surface area contributed by atoms with Crippen molar-refractivity contribution in [2.45, 2.75) is 6.54 Å². The van der Waals surface area contributed by atoms with E-state index < -0.39 is 0 Å². The smallest absolute Gasteiger partial charge is 0.172 e. The van der Waals surface area contributed by atoms with E-state index >= 15 is 0 Å². The predicted octanol–water partition coefficient (Wildman–Crippen LogP) is 1.87. The number of oxime groups is 1. The molecule has 2 rings (SSSR count). The zero-order chi connectivity index (χ0) is 13.0. The van der Waals surface area contributed by atoms with E-state index in [1.165, 1.54) is 0 Å². The van der Waals surface area contributed by atoms with Gasteiger partial charge in [-0.25, -0.2) is 0 Å². The van der Waals surface area contributed by atoms with Crippen LogP contribution >= 0.6 is 11.3 Å². The van der Waals surface area contributed by atoms with Gasteiger partial charge in [0.05, 0.1) is 12.1 Å². The molecule has 0 spiro atoms. The Morgan fingerprint density at radius 3 is 2.94 bits per heavy atom. The highest BCUT2D eigenvalue weighted by Crippen LogP contribution is 2.21. The molecule has 0 amide bonds. The summed E-state index contributed by atoms with van der Waals surface area (Å²) in [6.45, 7) is 0.736. The molecule has 1 heterocycles. The minimum Gasteiger partial charge on any atom is -0.409 e. The molecule has 1 aromatic heterocycles. The van der Waals surface area contributed by atoms with Crippen LogP contribution in [0, 0.1) is 0 Å². The summed E-state index contributed by atoms with van der Waals surface area (Å²) in [4.78, 5) is 7.25. The number of rotatable bonds is 4. The first-order chi connectivity index (χ1) is 8.72. The summed E-state index contributed by atoms with van der Waals surface area (Å²) in [5.41, 5.74) is 9.11. The lowest BCUT2D eigenvalue weighted by molar-refractivity contribution is 0.318. The second-order valence-electron chi connectivity index (χ2n) is 3.83. The molecular formula is C12H14N4OS. The molecule has 2 aromatic rings. The summed E-state index contributed by atoms with van der Waals surface area (Å²) in [6, 6.07) is 7.55. The third-order valence-corrected chi connectivity index (χ3v) is 3.34. The first-order valence-electron chi connectivity index (χ1n) is 5.38. The number of benzene rings is 1. The van der Waals surface area contributed by atoms with Crippen molar-refractivity contribution in [1.82, 2.24) is 4.98 Å². The second kappa shape index (κ2) is 5.50. The number of amidine groups is 1. The van der Waals surface area contributed by atoms with Gasteiger partial charge in [0, 0.05) is 29.4 Å². The van der Waals surface area contributed by atoms with Crippen molar-refractivity contribution >= 4 is 22.9 Å². The third-order valence-electron chi connectivity index (χ3n) is 2.58. The van der Waals surface area contributed by atoms with Crippen LogP contribution in [0.25, 0.3) is 0 Å². The van der Waals surface area contributed by atoms with E-state index in [9.17, 15) is 0 Å². The lowest BCUT2D eigenvalue weighted by Crippen LogP contribution is -2.22. The molecule has 0 radical (unpaired) electrons. The average molecular weight is 262 g/mol. The number of hydrogen-bond acceptors (Lipinski definition) is 5. The van der Waals surface area contributed by atoms with Gasteiger partial charge >= 0.3 is 0 Å². The highest BCUT2D eigenvalue weighted by Gasteiger charge is 2.11. The second-order valence-corrected chi connectivity index (χ2v) is 4.80. The molecule has 0 bridgehead atoms. The van der Waals surface area contributed by atoms with Crippen molar-refractivity contribution in [3.05, 3.63) is 46.4 Å². The van der Waals surface area contributed by atoms with Crippen LogP contribution < -0.4 is 10.6 Å². The maximum atomic E-state index is 8.79. The van der Waals surface area contributed by atoms with E-state index in [1.807, 2.05) is 42.4 Å². The third kappa shape index (κ3) is 2.60. The van der Waals surface area contributed by atoms with Crippen molar-refractivity contribution in [1.29, 1.82) is 0 Å². The van der Waals surface area contributed by atoms with Crippen LogP contribution in [0.3, 0.4) is 0 Å². The summed E-state index contributed by atoms with van der Waals surface area (Å²) in [5.74, 6) is 0.113. The average Bonchev–Trinajstić information content (AvgIpc) is 2.90. The molecule has 18 heavy (non-hydrogen) atoms. The summed E-state index contributed by atoms with van der Waals surface area (Å²) >= 11 is 1.60. The van der Waals surface area contributed by atoms with E-state index in [0.717, 1.165) is 17.1 Å². The number of anilines is 1. The highest BCUT2D eigenvalue weighted by atomic mass is 32.1. The van der Waals surface area contributed by atoms with Gasteiger partial charge in [-0.2, -0.15) is 0 Å². The highest BCUT2D eigenvalue weighted by molar-refractivity contribution is 7.09. The van der Waals surface area contributed by atoms with Gasteiger partial charge < -0.3 is 15.8 Å². The molecule has 0 aliphatic carbocycles. The maximum absolute atomic E-state index is 8.79. The molecule has 94 valence electrons. The Bertz CT molecular complexity index is 539.